The number of hydrogen-bond acceptors (Lipinski definition) is 2. The molecule has 0 spiro atoms. The molecule has 0 aliphatic rings. The van der Waals surface area contributed by atoms with E-state index in [1.165, 1.54) is 0 Å². The van der Waals surface area contributed by atoms with Crippen molar-refractivity contribution in [2.75, 3.05) is 0 Å². The Morgan fingerprint density at radius 2 is 1.95 bits per heavy atom. The molecule has 1 unspecified atom stereocenters. The van der Waals surface area contributed by atoms with Crippen molar-refractivity contribution in [2.24, 2.45) is 7.05 Å². The lowest BCUT2D eigenvalue weighted by Crippen LogP contribution is -2.04. The smallest absolute Gasteiger partial charge is 0.102 e. The minimum atomic E-state index is -0.713. The number of aliphatic hydroxyl groups excluding tert-OH is 1. The van der Waals surface area contributed by atoms with Crippen molar-refractivity contribution >= 4 is 34.1 Å². The molecule has 21 heavy (non-hydrogen) atoms. The summed E-state index contributed by atoms with van der Waals surface area (Å²) < 4.78 is 1.78. The predicted octanol–water partition coefficient (Wildman–Crippen LogP) is 4.16. The summed E-state index contributed by atoms with van der Waals surface area (Å²) in [5, 5.41) is 17.0. The third-order valence-electron chi connectivity index (χ3n) is 3.53. The van der Waals surface area contributed by atoms with Crippen LogP contribution in [-0.4, -0.2) is 14.9 Å². The van der Waals surface area contributed by atoms with Gasteiger partial charge in [-0.2, -0.15) is 5.10 Å². The Bertz CT molecular complexity index is 798. The van der Waals surface area contributed by atoms with Gasteiger partial charge in [0.05, 0.1) is 11.2 Å². The maximum Gasteiger partial charge on any atom is 0.102 e. The number of halogens is 2. The number of aromatic nitrogens is 2. The molecule has 0 fully saturated rings. The molecular weight excluding hydrogens is 307 g/mol. The molecule has 3 rings (SSSR count). The largest absolute Gasteiger partial charge is 0.386 e. The minimum absolute atomic E-state index is 0.400. The predicted molar refractivity (Wildman–Crippen MR) is 85.8 cm³/mol. The van der Waals surface area contributed by atoms with E-state index in [1.54, 1.807) is 16.8 Å². The maximum absolute atomic E-state index is 10.5. The van der Waals surface area contributed by atoms with Gasteiger partial charge in [-0.15, -0.1) is 0 Å². The van der Waals surface area contributed by atoms with Crippen molar-refractivity contribution in [3.05, 3.63) is 63.8 Å². The van der Waals surface area contributed by atoms with E-state index < -0.39 is 6.10 Å². The van der Waals surface area contributed by atoms with E-state index in [9.17, 15) is 5.11 Å². The highest BCUT2D eigenvalue weighted by molar-refractivity contribution is 6.35. The molecule has 1 heterocycles. The van der Waals surface area contributed by atoms with Gasteiger partial charge in [-0.1, -0.05) is 47.5 Å². The molecule has 0 radical (unpaired) electrons. The SMILES string of the molecule is Cn1nc(C(O)Cc2ccc(Cl)cc2Cl)c2ccccc21. The second kappa shape index (κ2) is 5.68. The fourth-order valence-electron chi connectivity index (χ4n) is 2.48. The molecule has 0 saturated carbocycles. The van der Waals surface area contributed by atoms with Crippen LogP contribution in [0, 0.1) is 0 Å². The summed E-state index contributed by atoms with van der Waals surface area (Å²) in [4.78, 5) is 0. The van der Waals surface area contributed by atoms with Gasteiger partial charge >= 0.3 is 0 Å². The van der Waals surface area contributed by atoms with Crippen LogP contribution >= 0.6 is 23.2 Å². The molecule has 0 aliphatic carbocycles. The van der Waals surface area contributed by atoms with Gasteiger partial charge in [-0.05, 0) is 23.8 Å². The number of aryl methyl sites for hydroxylation is 1. The average Bonchev–Trinajstić information content (AvgIpc) is 2.80. The van der Waals surface area contributed by atoms with Gasteiger partial charge < -0.3 is 5.11 Å². The zero-order chi connectivity index (χ0) is 15.0. The van der Waals surface area contributed by atoms with E-state index in [-0.39, 0.29) is 0 Å². The molecular formula is C16H14Cl2N2O. The highest BCUT2D eigenvalue weighted by Crippen LogP contribution is 2.29. The van der Waals surface area contributed by atoms with E-state index >= 15 is 0 Å². The summed E-state index contributed by atoms with van der Waals surface area (Å²) in [5.74, 6) is 0. The topological polar surface area (TPSA) is 38.0 Å². The molecule has 0 saturated heterocycles. The van der Waals surface area contributed by atoms with Crippen LogP contribution in [0.3, 0.4) is 0 Å². The third kappa shape index (κ3) is 2.77. The van der Waals surface area contributed by atoms with E-state index in [0.717, 1.165) is 16.5 Å². The maximum atomic E-state index is 10.5. The van der Waals surface area contributed by atoms with Gasteiger partial charge in [0.1, 0.15) is 6.10 Å². The highest BCUT2D eigenvalue weighted by Gasteiger charge is 2.18. The normalized spacial score (nSPS) is 12.8. The number of hydrogen-bond donors (Lipinski definition) is 1. The first-order chi connectivity index (χ1) is 10.1. The Morgan fingerprint density at radius 3 is 2.71 bits per heavy atom. The van der Waals surface area contributed by atoms with Gasteiger partial charge in [0.25, 0.3) is 0 Å². The van der Waals surface area contributed by atoms with Gasteiger partial charge in [0.15, 0.2) is 0 Å². The van der Waals surface area contributed by atoms with Gasteiger partial charge in [0.2, 0.25) is 0 Å². The number of aliphatic hydroxyl groups is 1. The minimum Gasteiger partial charge on any atom is -0.386 e. The number of benzene rings is 2. The number of fused-ring (bicyclic) bond motifs is 1. The van der Waals surface area contributed by atoms with Crippen LogP contribution in [0.25, 0.3) is 10.9 Å². The molecule has 0 bridgehead atoms. The zero-order valence-corrected chi connectivity index (χ0v) is 12.9. The molecule has 1 aromatic heterocycles. The van der Waals surface area contributed by atoms with Crippen LogP contribution in [0.15, 0.2) is 42.5 Å². The van der Waals surface area contributed by atoms with Crippen molar-refractivity contribution in [1.29, 1.82) is 0 Å². The summed E-state index contributed by atoms with van der Waals surface area (Å²) in [6.45, 7) is 0. The van der Waals surface area contributed by atoms with Crippen LogP contribution in [0.2, 0.25) is 10.0 Å². The molecule has 108 valence electrons. The van der Waals surface area contributed by atoms with Gasteiger partial charge in [-0.3, -0.25) is 4.68 Å². The molecule has 2 aromatic carbocycles. The Balaban J connectivity index is 1.95. The quantitative estimate of drug-likeness (QED) is 0.787. The molecule has 3 nitrogen and oxygen atoms in total. The van der Waals surface area contributed by atoms with Crippen LogP contribution in [0.5, 0.6) is 0 Å². The average molecular weight is 321 g/mol. The van der Waals surface area contributed by atoms with Crippen molar-refractivity contribution in [1.82, 2.24) is 9.78 Å². The monoisotopic (exact) mass is 320 g/mol. The third-order valence-corrected chi connectivity index (χ3v) is 4.12. The van der Waals surface area contributed by atoms with Crippen LogP contribution in [0.4, 0.5) is 0 Å². The molecule has 0 aliphatic heterocycles. The summed E-state index contributed by atoms with van der Waals surface area (Å²) in [7, 11) is 1.87. The summed E-state index contributed by atoms with van der Waals surface area (Å²) >= 11 is 12.1. The van der Waals surface area contributed by atoms with E-state index in [4.69, 9.17) is 23.2 Å². The Morgan fingerprint density at radius 1 is 1.19 bits per heavy atom. The Hall–Kier alpha value is -1.55. The second-order valence-corrected chi connectivity index (χ2v) is 5.83. The lowest BCUT2D eigenvalue weighted by atomic mass is 10.0. The van der Waals surface area contributed by atoms with E-state index in [0.29, 0.717) is 22.2 Å². The lowest BCUT2D eigenvalue weighted by Gasteiger charge is -2.10. The Kier molecular flexibility index (Phi) is 3.89. The molecule has 3 aromatic rings. The number of para-hydroxylation sites is 1. The fourth-order valence-corrected chi connectivity index (χ4v) is 2.97. The first kappa shape index (κ1) is 14.4. The van der Waals surface area contributed by atoms with Crippen LogP contribution in [0.1, 0.15) is 17.4 Å². The zero-order valence-electron chi connectivity index (χ0n) is 11.4. The van der Waals surface area contributed by atoms with Gasteiger partial charge in [0, 0.05) is 28.9 Å². The second-order valence-electron chi connectivity index (χ2n) is 4.98. The Labute approximate surface area is 132 Å². The highest BCUT2D eigenvalue weighted by atomic mass is 35.5. The van der Waals surface area contributed by atoms with E-state index in [1.807, 2.05) is 37.4 Å². The van der Waals surface area contributed by atoms with E-state index in [2.05, 4.69) is 5.10 Å². The molecule has 0 amide bonds. The number of nitrogens with zero attached hydrogens (tertiary/aromatic N) is 2. The van der Waals surface area contributed by atoms with Crippen molar-refractivity contribution in [3.63, 3.8) is 0 Å². The van der Waals surface area contributed by atoms with Crippen molar-refractivity contribution < 1.29 is 5.11 Å². The number of rotatable bonds is 3. The van der Waals surface area contributed by atoms with Crippen LogP contribution in [-0.2, 0) is 13.5 Å². The lowest BCUT2D eigenvalue weighted by molar-refractivity contribution is 0.174. The summed E-state index contributed by atoms with van der Waals surface area (Å²) in [6, 6.07) is 13.1. The first-order valence-electron chi connectivity index (χ1n) is 6.60. The fraction of sp³-hybridized carbons (Fsp3) is 0.188. The van der Waals surface area contributed by atoms with Crippen molar-refractivity contribution in [3.8, 4) is 0 Å². The summed E-state index contributed by atoms with van der Waals surface area (Å²) in [5.41, 5.74) is 2.51. The first-order valence-corrected chi connectivity index (χ1v) is 7.35. The molecule has 1 atom stereocenters. The molecule has 1 N–H and O–H groups in total. The van der Waals surface area contributed by atoms with Gasteiger partial charge in [-0.25, -0.2) is 0 Å². The summed E-state index contributed by atoms with van der Waals surface area (Å²) in [6.07, 6.45) is -0.313. The standard InChI is InChI=1S/C16H14Cl2N2O/c1-20-14-5-3-2-4-12(14)16(19-20)15(21)8-10-6-7-11(17)9-13(10)18/h2-7,9,15,21H,8H2,1H3. The molecule has 5 heteroatoms. The van der Waals surface area contributed by atoms with Crippen LogP contribution < -0.4 is 0 Å². The van der Waals surface area contributed by atoms with Crippen molar-refractivity contribution in [2.45, 2.75) is 12.5 Å².